The Bertz CT molecular complexity index is 978. The van der Waals surface area contributed by atoms with E-state index in [4.69, 9.17) is 14.2 Å². The van der Waals surface area contributed by atoms with Crippen molar-refractivity contribution in [3.8, 4) is 11.5 Å². The summed E-state index contributed by atoms with van der Waals surface area (Å²) in [5, 5.41) is 0. The van der Waals surface area contributed by atoms with Crippen molar-refractivity contribution in [2.24, 2.45) is 5.92 Å². The van der Waals surface area contributed by atoms with Crippen LogP contribution in [0.2, 0.25) is 0 Å². The lowest BCUT2D eigenvalue weighted by molar-refractivity contribution is -0.0582. The molecule has 2 aliphatic carbocycles. The minimum Gasteiger partial charge on any atom is -0.485 e. The van der Waals surface area contributed by atoms with E-state index in [0.29, 0.717) is 18.6 Å². The van der Waals surface area contributed by atoms with Gasteiger partial charge in [-0.15, -0.1) is 12.4 Å². The molecule has 4 aliphatic rings. The van der Waals surface area contributed by atoms with Crippen LogP contribution in [0.15, 0.2) is 54.6 Å². The fraction of sp³-hybridized carbons (Fsp3) is 0.440. The van der Waals surface area contributed by atoms with E-state index < -0.39 is 0 Å². The van der Waals surface area contributed by atoms with E-state index in [9.17, 15) is 0 Å². The number of likely N-dealkylation sites (tertiary alicyclic amines) is 1. The van der Waals surface area contributed by atoms with Gasteiger partial charge in [0.25, 0.3) is 0 Å². The van der Waals surface area contributed by atoms with Gasteiger partial charge in [-0.25, -0.2) is 0 Å². The first kappa shape index (κ1) is 19.9. The zero-order valence-electron chi connectivity index (χ0n) is 17.4. The molecule has 2 heterocycles. The van der Waals surface area contributed by atoms with Crippen LogP contribution in [0.25, 0.3) is 0 Å². The molecule has 0 aromatic heterocycles. The fourth-order valence-electron chi connectivity index (χ4n) is 6.26. The number of likely N-dealkylation sites (N-methyl/N-ethyl adjacent to an activating group) is 1. The maximum atomic E-state index is 6.72. The fourth-order valence-corrected chi connectivity index (χ4v) is 6.26. The zero-order valence-corrected chi connectivity index (χ0v) is 18.2. The van der Waals surface area contributed by atoms with Crippen LogP contribution in [0, 0.1) is 5.92 Å². The van der Waals surface area contributed by atoms with Crippen molar-refractivity contribution in [1.82, 2.24) is 4.90 Å². The van der Waals surface area contributed by atoms with E-state index >= 15 is 0 Å². The van der Waals surface area contributed by atoms with Gasteiger partial charge in [0.2, 0.25) is 0 Å². The molecule has 0 saturated carbocycles. The van der Waals surface area contributed by atoms with Crippen LogP contribution in [0.3, 0.4) is 0 Å². The molecular formula is C25H28ClNO3. The van der Waals surface area contributed by atoms with E-state index in [-0.39, 0.29) is 30.0 Å². The third-order valence-electron chi connectivity index (χ3n) is 7.62. The molecular weight excluding hydrogens is 398 g/mol. The topological polar surface area (TPSA) is 30.9 Å². The van der Waals surface area contributed by atoms with E-state index in [1.54, 1.807) is 7.11 Å². The normalized spacial score (nSPS) is 32.7. The van der Waals surface area contributed by atoms with Gasteiger partial charge in [0.05, 0.1) is 0 Å². The predicted octanol–water partition coefficient (Wildman–Crippen LogP) is 4.15. The second kappa shape index (κ2) is 7.30. The van der Waals surface area contributed by atoms with Crippen molar-refractivity contribution < 1.29 is 14.2 Å². The third-order valence-corrected chi connectivity index (χ3v) is 7.62. The molecule has 1 spiro atoms. The summed E-state index contributed by atoms with van der Waals surface area (Å²) in [5.41, 5.74) is 3.99. The maximum absolute atomic E-state index is 6.72. The Kier molecular flexibility index (Phi) is 4.85. The summed E-state index contributed by atoms with van der Waals surface area (Å²) in [6.07, 6.45) is 6.81. The number of hydrogen-bond acceptors (Lipinski definition) is 4. The molecule has 4 nitrogen and oxygen atoms in total. The number of ether oxygens (including phenoxy) is 3. The molecule has 5 unspecified atom stereocenters. The third kappa shape index (κ3) is 2.60. The van der Waals surface area contributed by atoms with Crippen LogP contribution in [0.1, 0.15) is 23.1 Å². The minimum atomic E-state index is -0.0179. The van der Waals surface area contributed by atoms with Crippen LogP contribution >= 0.6 is 12.4 Å². The molecule has 1 saturated heterocycles. The van der Waals surface area contributed by atoms with Crippen LogP contribution in [0.5, 0.6) is 11.5 Å². The molecule has 2 aromatic rings. The first-order valence-electron chi connectivity index (χ1n) is 10.6. The van der Waals surface area contributed by atoms with Crippen molar-refractivity contribution in [2.45, 2.75) is 43.1 Å². The number of methoxy groups -OCH3 is 1. The number of halogens is 1. The number of rotatable bonds is 4. The lowest BCUT2D eigenvalue weighted by Gasteiger charge is -2.56. The van der Waals surface area contributed by atoms with Crippen molar-refractivity contribution in [1.29, 1.82) is 0 Å². The molecule has 30 heavy (non-hydrogen) atoms. The highest BCUT2D eigenvalue weighted by molar-refractivity contribution is 5.85. The number of benzene rings is 2. The van der Waals surface area contributed by atoms with E-state index in [2.05, 4.69) is 48.4 Å². The molecule has 0 N–H and O–H groups in total. The van der Waals surface area contributed by atoms with Gasteiger partial charge in [-0.05, 0) is 43.6 Å². The Hall–Kier alpha value is -2.01. The summed E-state index contributed by atoms with van der Waals surface area (Å²) < 4.78 is 18.9. The first-order chi connectivity index (χ1) is 14.2. The summed E-state index contributed by atoms with van der Waals surface area (Å²) in [7, 11) is 4.06. The van der Waals surface area contributed by atoms with Crippen molar-refractivity contribution >= 4 is 12.4 Å². The Balaban J connectivity index is 0.00000193. The van der Waals surface area contributed by atoms with Gasteiger partial charge in [-0.2, -0.15) is 0 Å². The highest BCUT2D eigenvalue weighted by Crippen LogP contribution is 2.62. The van der Waals surface area contributed by atoms with E-state index in [0.717, 1.165) is 30.9 Å². The lowest BCUT2D eigenvalue weighted by Crippen LogP contribution is -2.65. The molecule has 5 heteroatoms. The Morgan fingerprint density at radius 1 is 1.13 bits per heavy atom. The summed E-state index contributed by atoms with van der Waals surface area (Å²) in [6, 6.07) is 15.2. The average Bonchev–Trinajstić information content (AvgIpc) is 3.11. The van der Waals surface area contributed by atoms with E-state index in [1.165, 1.54) is 16.7 Å². The number of piperidine rings is 1. The molecule has 0 radical (unpaired) electrons. The molecule has 6 rings (SSSR count). The Morgan fingerprint density at radius 2 is 1.97 bits per heavy atom. The molecule has 2 aliphatic heterocycles. The Morgan fingerprint density at radius 3 is 2.77 bits per heavy atom. The zero-order chi connectivity index (χ0) is 19.6. The largest absolute Gasteiger partial charge is 0.485 e. The van der Waals surface area contributed by atoms with Crippen LogP contribution in [0.4, 0.5) is 0 Å². The summed E-state index contributed by atoms with van der Waals surface area (Å²) >= 11 is 0. The van der Waals surface area contributed by atoms with Crippen molar-refractivity contribution in [3.05, 3.63) is 71.3 Å². The Labute approximate surface area is 184 Å². The first-order valence-corrected chi connectivity index (χ1v) is 10.6. The molecule has 5 atom stereocenters. The monoisotopic (exact) mass is 425 g/mol. The van der Waals surface area contributed by atoms with Crippen LogP contribution in [-0.4, -0.2) is 43.9 Å². The minimum absolute atomic E-state index is 0. The van der Waals surface area contributed by atoms with Gasteiger partial charge >= 0.3 is 0 Å². The summed E-state index contributed by atoms with van der Waals surface area (Å²) in [5.74, 6) is 2.29. The second-order valence-electron chi connectivity index (χ2n) is 8.89. The van der Waals surface area contributed by atoms with Gasteiger partial charge in [0.15, 0.2) is 11.5 Å². The highest BCUT2D eigenvalue weighted by Gasteiger charge is 2.64. The molecule has 2 bridgehead atoms. The number of nitrogens with zero attached hydrogens (tertiary/aromatic N) is 1. The molecule has 0 amide bonds. The standard InChI is InChI=1S/C25H27NO3.ClH/c1-26-13-12-25-18-9-11-21(27-2)24(25)29-23-20(28-15-16-6-4-3-5-7-16)10-8-17(22(23)25)14-19(18)26;/h3-11,18-19,21,24H,12-15H2,1-2H3;1H. The quantitative estimate of drug-likeness (QED) is 0.688. The maximum Gasteiger partial charge on any atom is 0.166 e. The SMILES string of the molecule is COC1C=CC2C3Cc4ccc(OCc5ccccc5)c5c4C2(CCN3C)C1O5.Cl. The van der Waals surface area contributed by atoms with Gasteiger partial charge in [0, 0.05) is 30.0 Å². The van der Waals surface area contributed by atoms with Crippen LogP contribution in [-0.2, 0) is 23.2 Å². The van der Waals surface area contributed by atoms with Crippen LogP contribution < -0.4 is 9.47 Å². The van der Waals surface area contributed by atoms with Gasteiger partial charge in [-0.3, -0.25) is 0 Å². The molecule has 1 fully saturated rings. The summed E-state index contributed by atoms with van der Waals surface area (Å²) in [4.78, 5) is 2.53. The smallest absolute Gasteiger partial charge is 0.166 e. The van der Waals surface area contributed by atoms with Gasteiger partial charge < -0.3 is 19.1 Å². The van der Waals surface area contributed by atoms with Crippen molar-refractivity contribution in [2.75, 3.05) is 20.7 Å². The van der Waals surface area contributed by atoms with Crippen molar-refractivity contribution in [3.63, 3.8) is 0 Å². The molecule has 2 aromatic carbocycles. The van der Waals surface area contributed by atoms with Gasteiger partial charge in [-0.1, -0.05) is 48.6 Å². The van der Waals surface area contributed by atoms with E-state index in [1.807, 2.05) is 18.2 Å². The second-order valence-corrected chi connectivity index (χ2v) is 8.89. The van der Waals surface area contributed by atoms with Gasteiger partial charge in [0.1, 0.15) is 18.8 Å². The number of hydrogen-bond donors (Lipinski definition) is 0. The summed E-state index contributed by atoms with van der Waals surface area (Å²) in [6.45, 7) is 1.65. The highest BCUT2D eigenvalue weighted by atomic mass is 35.5. The predicted molar refractivity (Wildman–Crippen MR) is 119 cm³/mol. The molecule has 158 valence electrons. The lowest BCUT2D eigenvalue weighted by atomic mass is 9.53. The average molecular weight is 426 g/mol.